The molecule has 1 aliphatic carbocycles. The largest absolute Gasteiger partial charge is 0.295 e. The average Bonchev–Trinajstić information content (AvgIpc) is 2.36. The highest BCUT2D eigenvalue weighted by molar-refractivity contribution is 5.88. The summed E-state index contributed by atoms with van der Waals surface area (Å²) < 4.78 is 0. The molecule has 0 spiro atoms. The average molecular weight is 298 g/mol. The van der Waals surface area contributed by atoms with Gasteiger partial charge in [0.05, 0.1) is 0 Å². The van der Waals surface area contributed by atoms with Crippen LogP contribution in [0.25, 0.3) is 0 Å². The van der Waals surface area contributed by atoms with Gasteiger partial charge in [-0.25, -0.2) is 0 Å². The van der Waals surface area contributed by atoms with E-state index in [4.69, 9.17) is 0 Å². The Balaban J connectivity index is 2.79. The third-order valence-corrected chi connectivity index (χ3v) is 4.20. The summed E-state index contributed by atoms with van der Waals surface area (Å²) in [5.41, 5.74) is 5.50. The van der Waals surface area contributed by atoms with E-state index >= 15 is 0 Å². The van der Waals surface area contributed by atoms with Crippen LogP contribution in [0.15, 0.2) is 58.7 Å². The molecule has 0 unspecified atom stereocenters. The van der Waals surface area contributed by atoms with Crippen molar-refractivity contribution in [2.24, 2.45) is 5.41 Å². The van der Waals surface area contributed by atoms with E-state index in [2.05, 4.69) is 45.9 Å². The summed E-state index contributed by atoms with van der Waals surface area (Å²) in [6.07, 6.45) is 16.0. The van der Waals surface area contributed by atoms with Gasteiger partial charge >= 0.3 is 0 Å². The molecule has 0 aromatic heterocycles. The lowest BCUT2D eigenvalue weighted by Crippen LogP contribution is -2.19. The summed E-state index contributed by atoms with van der Waals surface area (Å²) in [5, 5.41) is 0. The van der Waals surface area contributed by atoms with Gasteiger partial charge in [0.15, 0.2) is 5.78 Å². The SMILES string of the molecule is CC(=O)\C=C(C)/C=C/C=C(C)/C=C/C1=C(C)CCCC1(C)C. The first kappa shape index (κ1) is 18.4. The van der Waals surface area contributed by atoms with Crippen LogP contribution >= 0.6 is 0 Å². The molecule has 0 aliphatic heterocycles. The molecule has 1 heteroatoms. The predicted octanol–water partition coefficient (Wildman–Crippen LogP) is 6.11. The molecular formula is C21H30O. The standard InChI is InChI=1S/C21H30O/c1-16(9-7-10-17(2)15-19(4)22)12-13-20-18(3)11-8-14-21(20,5)6/h7,9-10,12-13,15H,8,11,14H2,1-6H3/b10-7+,13-12+,16-9+,17-15-. The van der Waals surface area contributed by atoms with E-state index in [1.807, 2.05) is 19.1 Å². The Hall–Kier alpha value is -1.63. The Labute approximate surface area is 136 Å². The fraction of sp³-hybridized carbons (Fsp3) is 0.476. The van der Waals surface area contributed by atoms with Crippen LogP contribution in [-0.4, -0.2) is 5.78 Å². The molecule has 0 N–H and O–H groups in total. The Morgan fingerprint density at radius 2 is 1.77 bits per heavy atom. The molecule has 1 nitrogen and oxygen atoms in total. The second kappa shape index (κ2) is 8.12. The lowest BCUT2D eigenvalue weighted by molar-refractivity contribution is -0.112. The number of carbonyl (C=O) groups excluding carboxylic acids is 1. The predicted molar refractivity (Wildman–Crippen MR) is 96.8 cm³/mol. The zero-order valence-electron chi connectivity index (χ0n) is 15.0. The zero-order valence-corrected chi connectivity index (χ0v) is 15.0. The number of ketones is 1. The maximum atomic E-state index is 11.0. The molecule has 22 heavy (non-hydrogen) atoms. The molecule has 120 valence electrons. The summed E-state index contributed by atoms with van der Waals surface area (Å²) >= 11 is 0. The van der Waals surface area contributed by atoms with E-state index in [9.17, 15) is 4.79 Å². The normalized spacial score (nSPS) is 20.3. The quantitative estimate of drug-likeness (QED) is 0.442. The van der Waals surface area contributed by atoms with Crippen LogP contribution in [0.4, 0.5) is 0 Å². The third-order valence-electron chi connectivity index (χ3n) is 4.20. The topological polar surface area (TPSA) is 17.1 Å². The summed E-state index contributed by atoms with van der Waals surface area (Å²) in [7, 11) is 0. The minimum absolute atomic E-state index is 0.0877. The Morgan fingerprint density at radius 3 is 2.36 bits per heavy atom. The molecule has 0 radical (unpaired) electrons. The van der Waals surface area contributed by atoms with Crippen molar-refractivity contribution in [3.8, 4) is 0 Å². The van der Waals surface area contributed by atoms with E-state index in [1.165, 1.54) is 36.0 Å². The molecule has 0 aromatic rings. The second-order valence-corrected chi connectivity index (χ2v) is 7.03. The molecule has 0 bridgehead atoms. The van der Waals surface area contributed by atoms with Gasteiger partial charge in [0.1, 0.15) is 0 Å². The van der Waals surface area contributed by atoms with E-state index < -0.39 is 0 Å². The first-order valence-corrected chi connectivity index (χ1v) is 8.14. The highest BCUT2D eigenvalue weighted by atomic mass is 16.1. The summed E-state index contributed by atoms with van der Waals surface area (Å²) in [4.78, 5) is 11.0. The van der Waals surface area contributed by atoms with Crippen molar-refractivity contribution in [1.29, 1.82) is 0 Å². The van der Waals surface area contributed by atoms with Gasteiger partial charge in [-0.05, 0) is 69.6 Å². The lowest BCUT2D eigenvalue weighted by Gasteiger charge is -2.32. The molecule has 0 saturated heterocycles. The third kappa shape index (κ3) is 6.01. The van der Waals surface area contributed by atoms with Crippen LogP contribution in [0, 0.1) is 5.41 Å². The highest BCUT2D eigenvalue weighted by Crippen LogP contribution is 2.40. The number of hydrogen-bond donors (Lipinski definition) is 0. The first-order chi connectivity index (χ1) is 10.2. The maximum absolute atomic E-state index is 11.0. The second-order valence-electron chi connectivity index (χ2n) is 7.03. The Bertz CT molecular complexity index is 563. The van der Waals surface area contributed by atoms with E-state index in [0.717, 1.165) is 5.57 Å². The fourth-order valence-corrected chi connectivity index (χ4v) is 3.00. The molecule has 0 fully saturated rings. The van der Waals surface area contributed by atoms with Crippen LogP contribution in [-0.2, 0) is 4.79 Å². The molecule has 0 saturated carbocycles. The lowest BCUT2D eigenvalue weighted by atomic mass is 9.72. The Kier molecular flexibility index (Phi) is 6.80. The maximum Gasteiger partial charge on any atom is 0.152 e. The minimum atomic E-state index is 0.0877. The zero-order chi connectivity index (χ0) is 16.8. The number of carbonyl (C=O) groups is 1. The molecule has 1 rings (SSSR count). The molecular weight excluding hydrogens is 268 g/mol. The van der Waals surface area contributed by atoms with Gasteiger partial charge in [-0.3, -0.25) is 4.79 Å². The van der Waals surface area contributed by atoms with Crippen LogP contribution < -0.4 is 0 Å². The minimum Gasteiger partial charge on any atom is -0.295 e. The van der Waals surface area contributed by atoms with Gasteiger partial charge in [0, 0.05) is 0 Å². The first-order valence-electron chi connectivity index (χ1n) is 8.14. The summed E-state index contributed by atoms with van der Waals surface area (Å²) in [5.74, 6) is 0.0877. The highest BCUT2D eigenvalue weighted by Gasteiger charge is 2.26. The monoisotopic (exact) mass is 298 g/mol. The molecule has 0 aromatic carbocycles. The van der Waals surface area contributed by atoms with E-state index in [1.54, 1.807) is 13.0 Å². The van der Waals surface area contributed by atoms with Crippen molar-refractivity contribution in [1.82, 2.24) is 0 Å². The van der Waals surface area contributed by atoms with Gasteiger partial charge < -0.3 is 0 Å². The van der Waals surface area contributed by atoms with Crippen molar-refractivity contribution in [2.75, 3.05) is 0 Å². The van der Waals surface area contributed by atoms with Crippen LogP contribution in [0.3, 0.4) is 0 Å². The number of allylic oxidation sites excluding steroid dienone is 10. The van der Waals surface area contributed by atoms with Gasteiger partial charge in [-0.2, -0.15) is 0 Å². The van der Waals surface area contributed by atoms with Crippen molar-refractivity contribution in [3.05, 3.63) is 58.7 Å². The van der Waals surface area contributed by atoms with Crippen molar-refractivity contribution in [2.45, 2.75) is 60.8 Å². The van der Waals surface area contributed by atoms with Crippen molar-refractivity contribution >= 4 is 5.78 Å². The van der Waals surface area contributed by atoms with Crippen molar-refractivity contribution < 1.29 is 4.79 Å². The van der Waals surface area contributed by atoms with E-state index in [-0.39, 0.29) is 11.2 Å². The fourth-order valence-electron chi connectivity index (χ4n) is 3.00. The Morgan fingerprint density at radius 1 is 1.09 bits per heavy atom. The van der Waals surface area contributed by atoms with Crippen molar-refractivity contribution in [3.63, 3.8) is 0 Å². The molecule has 0 heterocycles. The summed E-state index contributed by atoms with van der Waals surface area (Å²) in [6.45, 7) is 12.6. The molecule has 0 amide bonds. The van der Waals surface area contributed by atoms with Gasteiger partial charge in [0.25, 0.3) is 0 Å². The van der Waals surface area contributed by atoms with Gasteiger partial charge in [0.2, 0.25) is 0 Å². The smallest absolute Gasteiger partial charge is 0.152 e. The van der Waals surface area contributed by atoms with Crippen LogP contribution in [0.1, 0.15) is 60.8 Å². The van der Waals surface area contributed by atoms with E-state index in [0.29, 0.717) is 0 Å². The molecule has 1 aliphatic rings. The number of rotatable bonds is 5. The van der Waals surface area contributed by atoms with Gasteiger partial charge in [-0.1, -0.05) is 55.4 Å². The van der Waals surface area contributed by atoms with Gasteiger partial charge in [-0.15, -0.1) is 0 Å². The number of hydrogen-bond acceptors (Lipinski definition) is 1. The summed E-state index contributed by atoms with van der Waals surface area (Å²) in [6, 6.07) is 0. The van der Waals surface area contributed by atoms with Crippen LogP contribution in [0.5, 0.6) is 0 Å². The van der Waals surface area contributed by atoms with Crippen LogP contribution in [0.2, 0.25) is 0 Å². The molecule has 0 atom stereocenters.